The first-order chi connectivity index (χ1) is 13.3. The van der Waals surface area contributed by atoms with E-state index < -0.39 is 15.7 Å². The summed E-state index contributed by atoms with van der Waals surface area (Å²) >= 11 is 1.43. The summed E-state index contributed by atoms with van der Waals surface area (Å²) < 4.78 is 24.0. The van der Waals surface area contributed by atoms with Crippen molar-refractivity contribution in [2.24, 2.45) is 5.92 Å². The highest BCUT2D eigenvalue weighted by Crippen LogP contribution is 2.35. The second kappa shape index (κ2) is 6.99. The average molecular weight is 415 g/mol. The molecule has 7 nitrogen and oxygen atoms in total. The van der Waals surface area contributed by atoms with Crippen molar-refractivity contribution >= 4 is 37.3 Å². The number of hydrogen-bond donors (Lipinski definition) is 1. The molecule has 1 aliphatic rings. The first-order valence-corrected chi connectivity index (χ1v) is 11.1. The quantitative estimate of drug-likeness (QED) is 0.706. The van der Waals surface area contributed by atoms with Gasteiger partial charge in [-0.2, -0.15) is 0 Å². The lowest BCUT2D eigenvalue weighted by Crippen LogP contribution is -2.34. The number of carbonyl (C=O) groups is 1. The van der Waals surface area contributed by atoms with Gasteiger partial charge in [-0.15, -0.1) is 11.3 Å². The summed E-state index contributed by atoms with van der Waals surface area (Å²) in [5.41, 5.74) is 3.88. The molecule has 0 bridgehead atoms. The number of allylic oxidation sites excluding steroid dienone is 1. The van der Waals surface area contributed by atoms with Crippen LogP contribution >= 0.6 is 11.3 Å². The van der Waals surface area contributed by atoms with E-state index >= 15 is 0 Å². The number of hydrogen-bond acceptors (Lipinski definition) is 6. The van der Waals surface area contributed by atoms with Gasteiger partial charge in [-0.1, -0.05) is 36.4 Å². The zero-order valence-electron chi connectivity index (χ0n) is 15.0. The van der Waals surface area contributed by atoms with Gasteiger partial charge in [0.05, 0.1) is 11.1 Å². The smallest absolute Gasteiger partial charge is 0.273 e. The van der Waals surface area contributed by atoms with Crippen LogP contribution in [0.2, 0.25) is 0 Å². The standard InChI is InChI=1S/C19H17N3O4S2/c1-12-16(14-5-3-2-4-6-14)17-18(27-12)20-11-22(19(17)24)21-15(23)9-13-7-8-28(25,26)10-13/h2-8,11,13H,9-10H2,1H3,(H,21,23)/t13-/m1/s1. The third-order valence-electron chi connectivity index (χ3n) is 4.55. The third kappa shape index (κ3) is 3.50. The fourth-order valence-corrected chi connectivity index (χ4v) is 5.72. The summed E-state index contributed by atoms with van der Waals surface area (Å²) in [5.74, 6) is -0.919. The largest absolute Gasteiger partial charge is 0.281 e. The van der Waals surface area contributed by atoms with Crippen LogP contribution in [0.3, 0.4) is 0 Å². The van der Waals surface area contributed by atoms with E-state index in [1.807, 2.05) is 37.3 Å². The van der Waals surface area contributed by atoms with Crippen LogP contribution in [-0.4, -0.2) is 29.7 Å². The topological polar surface area (TPSA) is 98.1 Å². The summed E-state index contributed by atoms with van der Waals surface area (Å²) in [7, 11) is -3.22. The predicted molar refractivity (Wildman–Crippen MR) is 109 cm³/mol. The van der Waals surface area contributed by atoms with Crippen LogP contribution in [0.15, 0.2) is 52.9 Å². The molecule has 4 rings (SSSR count). The van der Waals surface area contributed by atoms with Crippen LogP contribution in [0.4, 0.5) is 0 Å². The van der Waals surface area contributed by atoms with Crippen LogP contribution in [0.5, 0.6) is 0 Å². The number of benzene rings is 1. The molecule has 0 unspecified atom stereocenters. The Bertz CT molecular complexity index is 1260. The number of rotatable bonds is 4. The molecule has 0 radical (unpaired) electrons. The van der Waals surface area contributed by atoms with Crippen LogP contribution in [0.1, 0.15) is 11.3 Å². The Balaban J connectivity index is 1.66. The fourth-order valence-electron chi connectivity index (χ4n) is 3.32. The maximum Gasteiger partial charge on any atom is 0.281 e. The van der Waals surface area contributed by atoms with Gasteiger partial charge >= 0.3 is 0 Å². The van der Waals surface area contributed by atoms with Gasteiger partial charge in [0.15, 0.2) is 9.84 Å². The number of aryl methyl sites for hydroxylation is 1. The van der Waals surface area contributed by atoms with Gasteiger partial charge in [0.25, 0.3) is 5.56 Å². The zero-order valence-corrected chi connectivity index (χ0v) is 16.6. The monoisotopic (exact) mass is 415 g/mol. The number of amides is 1. The molecule has 0 saturated heterocycles. The van der Waals surface area contributed by atoms with Crippen LogP contribution < -0.4 is 11.0 Å². The molecule has 0 fully saturated rings. The maximum atomic E-state index is 13.0. The minimum atomic E-state index is -3.22. The van der Waals surface area contributed by atoms with E-state index in [2.05, 4.69) is 10.4 Å². The normalized spacial score (nSPS) is 17.8. The lowest BCUT2D eigenvalue weighted by molar-refractivity contribution is -0.117. The highest BCUT2D eigenvalue weighted by molar-refractivity contribution is 7.94. The van der Waals surface area contributed by atoms with Gasteiger partial charge < -0.3 is 0 Å². The Hall–Kier alpha value is -2.78. The molecule has 0 spiro atoms. The molecule has 144 valence electrons. The molecule has 2 aromatic heterocycles. The van der Waals surface area contributed by atoms with Gasteiger partial charge in [0.2, 0.25) is 5.91 Å². The van der Waals surface area contributed by atoms with Crippen molar-refractivity contribution < 1.29 is 13.2 Å². The second-order valence-electron chi connectivity index (χ2n) is 6.66. The predicted octanol–water partition coefficient (Wildman–Crippen LogP) is 2.45. The molecule has 1 N–H and O–H groups in total. The average Bonchev–Trinajstić information content (AvgIpc) is 3.17. The second-order valence-corrected chi connectivity index (χ2v) is 9.79. The van der Waals surface area contributed by atoms with Crippen LogP contribution in [-0.2, 0) is 14.6 Å². The zero-order chi connectivity index (χ0) is 19.9. The molecular weight excluding hydrogens is 398 g/mol. The minimum absolute atomic E-state index is 0.0194. The molecule has 1 amide bonds. The lowest BCUT2D eigenvalue weighted by atomic mass is 10.0. The molecule has 28 heavy (non-hydrogen) atoms. The van der Waals surface area contributed by atoms with E-state index in [9.17, 15) is 18.0 Å². The van der Waals surface area contributed by atoms with Crippen molar-refractivity contribution in [3.63, 3.8) is 0 Å². The molecule has 1 atom stereocenters. The Morgan fingerprint density at radius 1 is 1.32 bits per heavy atom. The third-order valence-corrected chi connectivity index (χ3v) is 7.03. The van der Waals surface area contributed by atoms with Crippen molar-refractivity contribution in [2.75, 3.05) is 11.2 Å². The summed E-state index contributed by atoms with van der Waals surface area (Å²) in [4.78, 5) is 31.2. The molecule has 0 saturated carbocycles. The Labute approximate surface area is 165 Å². The number of aromatic nitrogens is 2. The first-order valence-electron chi connectivity index (χ1n) is 8.61. The maximum absolute atomic E-state index is 13.0. The van der Waals surface area contributed by atoms with E-state index in [1.54, 1.807) is 0 Å². The SMILES string of the molecule is Cc1sc2ncn(NC(=O)C[C@H]3C=CS(=O)(=O)C3)c(=O)c2c1-c1ccccc1. The molecule has 9 heteroatoms. The Morgan fingerprint density at radius 3 is 2.75 bits per heavy atom. The van der Waals surface area contributed by atoms with E-state index in [0.717, 1.165) is 26.1 Å². The number of nitrogens with zero attached hydrogens (tertiary/aromatic N) is 2. The number of nitrogens with one attached hydrogen (secondary N) is 1. The van der Waals surface area contributed by atoms with E-state index in [4.69, 9.17) is 0 Å². The van der Waals surface area contributed by atoms with Crippen LogP contribution in [0.25, 0.3) is 21.3 Å². The van der Waals surface area contributed by atoms with Crippen molar-refractivity contribution in [2.45, 2.75) is 13.3 Å². The van der Waals surface area contributed by atoms with Gasteiger partial charge in [0.1, 0.15) is 11.2 Å². The summed E-state index contributed by atoms with van der Waals surface area (Å²) in [5, 5.41) is 1.59. The Morgan fingerprint density at radius 2 is 2.07 bits per heavy atom. The van der Waals surface area contributed by atoms with E-state index in [-0.39, 0.29) is 23.7 Å². The van der Waals surface area contributed by atoms with Crippen molar-refractivity contribution in [3.05, 3.63) is 63.4 Å². The number of carbonyl (C=O) groups excluding carboxylic acids is 1. The first kappa shape index (κ1) is 18.6. The Kier molecular flexibility index (Phi) is 4.64. The number of sulfone groups is 1. The van der Waals surface area contributed by atoms with Crippen LogP contribution in [0, 0.1) is 12.8 Å². The molecular formula is C19H17N3O4S2. The minimum Gasteiger partial charge on any atom is -0.273 e. The van der Waals surface area contributed by atoms with Gasteiger partial charge in [-0.3, -0.25) is 15.0 Å². The van der Waals surface area contributed by atoms with E-state index in [1.165, 1.54) is 23.7 Å². The van der Waals surface area contributed by atoms with Crippen molar-refractivity contribution in [3.8, 4) is 11.1 Å². The number of thiophene rings is 1. The highest BCUT2D eigenvalue weighted by atomic mass is 32.2. The van der Waals surface area contributed by atoms with Crippen molar-refractivity contribution in [1.82, 2.24) is 9.66 Å². The number of fused-ring (bicyclic) bond motifs is 1. The fraction of sp³-hybridized carbons (Fsp3) is 0.211. The molecule has 0 aliphatic carbocycles. The summed E-state index contributed by atoms with van der Waals surface area (Å²) in [6.07, 6.45) is 2.78. The van der Waals surface area contributed by atoms with Gasteiger partial charge in [0, 0.05) is 28.2 Å². The summed E-state index contributed by atoms with van der Waals surface area (Å²) in [6.45, 7) is 1.93. The van der Waals surface area contributed by atoms with Gasteiger partial charge in [-0.25, -0.2) is 18.1 Å². The molecule has 3 heterocycles. The van der Waals surface area contributed by atoms with Gasteiger partial charge in [-0.05, 0) is 12.5 Å². The van der Waals surface area contributed by atoms with Crippen molar-refractivity contribution in [1.29, 1.82) is 0 Å². The highest BCUT2D eigenvalue weighted by Gasteiger charge is 2.24. The molecule has 1 aromatic carbocycles. The molecule has 3 aromatic rings. The molecule has 1 aliphatic heterocycles. The lowest BCUT2D eigenvalue weighted by Gasteiger charge is -2.10. The van der Waals surface area contributed by atoms with E-state index in [0.29, 0.717) is 10.2 Å². The summed E-state index contributed by atoms with van der Waals surface area (Å²) in [6, 6.07) is 9.56.